The quantitative estimate of drug-likeness (QED) is 0.696. The van der Waals surface area contributed by atoms with Crippen LogP contribution < -0.4 is 5.14 Å². The molecule has 0 bridgehead atoms. The van der Waals surface area contributed by atoms with Crippen molar-refractivity contribution in [2.75, 3.05) is 17.3 Å². The van der Waals surface area contributed by atoms with Gasteiger partial charge in [0.05, 0.1) is 11.9 Å². The van der Waals surface area contributed by atoms with Crippen molar-refractivity contribution in [1.29, 1.82) is 0 Å². The van der Waals surface area contributed by atoms with Gasteiger partial charge in [-0.05, 0) is 30.3 Å². The first-order valence-electron chi connectivity index (χ1n) is 4.25. The molecule has 1 saturated heterocycles. The van der Waals surface area contributed by atoms with E-state index in [-0.39, 0.29) is 11.7 Å². The Morgan fingerprint density at radius 1 is 1.62 bits per heavy atom. The normalized spacial score (nSPS) is 27.1. The molecule has 13 heavy (non-hydrogen) atoms. The van der Waals surface area contributed by atoms with E-state index in [0.29, 0.717) is 0 Å². The van der Waals surface area contributed by atoms with E-state index in [1.165, 1.54) is 0 Å². The number of thioether (sulfide) groups is 1. The second-order valence-electron chi connectivity index (χ2n) is 3.37. The third kappa shape index (κ3) is 4.30. The number of hydrogen-bond donors (Lipinski definition) is 2. The van der Waals surface area contributed by atoms with E-state index < -0.39 is 16.1 Å². The highest BCUT2D eigenvalue weighted by atomic mass is 32.2. The number of hydrogen-bond acceptors (Lipinski definition) is 4. The van der Waals surface area contributed by atoms with Gasteiger partial charge in [-0.3, -0.25) is 0 Å². The molecular formula is C7H15NO3S2. The molecule has 78 valence electrons. The van der Waals surface area contributed by atoms with E-state index in [4.69, 9.17) is 5.14 Å². The Morgan fingerprint density at radius 3 is 2.77 bits per heavy atom. The molecule has 1 fully saturated rings. The van der Waals surface area contributed by atoms with Crippen molar-refractivity contribution >= 4 is 21.8 Å². The fourth-order valence-corrected chi connectivity index (χ4v) is 3.42. The zero-order valence-electron chi connectivity index (χ0n) is 7.35. The van der Waals surface area contributed by atoms with Gasteiger partial charge in [0.25, 0.3) is 0 Å². The van der Waals surface area contributed by atoms with Crippen LogP contribution in [0.2, 0.25) is 0 Å². The molecule has 1 aliphatic heterocycles. The van der Waals surface area contributed by atoms with Crippen LogP contribution in [-0.4, -0.2) is 36.9 Å². The first kappa shape index (κ1) is 11.3. The van der Waals surface area contributed by atoms with Crippen LogP contribution in [0.5, 0.6) is 0 Å². The SMILES string of the molecule is NS(=O)(=O)CC(O)C1CCCSC1. The maximum atomic E-state index is 10.7. The van der Waals surface area contributed by atoms with Crippen LogP contribution in [0.3, 0.4) is 0 Å². The Morgan fingerprint density at radius 2 is 2.31 bits per heavy atom. The van der Waals surface area contributed by atoms with Crippen LogP contribution in [0.25, 0.3) is 0 Å². The highest BCUT2D eigenvalue weighted by molar-refractivity contribution is 7.99. The van der Waals surface area contributed by atoms with Crippen LogP contribution in [0.1, 0.15) is 12.8 Å². The molecule has 0 aromatic carbocycles. The lowest BCUT2D eigenvalue weighted by atomic mass is 10.0. The maximum absolute atomic E-state index is 10.7. The van der Waals surface area contributed by atoms with E-state index in [0.717, 1.165) is 24.3 Å². The predicted octanol–water partition coefficient (Wildman–Crippen LogP) is -0.221. The van der Waals surface area contributed by atoms with E-state index in [2.05, 4.69) is 0 Å². The third-order valence-electron chi connectivity index (χ3n) is 2.14. The summed E-state index contributed by atoms with van der Waals surface area (Å²) in [6, 6.07) is 0. The Labute approximate surface area is 82.9 Å². The Kier molecular flexibility index (Phi) is 4.03. The molecular weight excluding hydrogens is 210 g/mol. The van der Waals surface area contributed by atoms with E-state index in [1.54, 1.807) is 11.8 Å². The second-order valence-corrected chi connectivity index (χ2v) is 6.18. The maximum Gasteiger partial charge on any atom is 0.211 e. The minimum absolute atomic E-state index is 0.0945. The van der Waals surface area contributed by atoms with Crippen molar-refractivity contribution in [3.05, 3.63) is 0 Å². The fourth-order valence-electron chi connectivity index (χ4n) is 1.44. The fraction of sp³-hybridized carbons (Fsp3) is 1.00. The van der Waals surface area contributed by atoms with E-state index in [9.17, 15) is 13.5 Å². The standard InChI is InChI=1S/C7H15NO3S2/c8-13(10,11)5-7(9)6-2-1-3-12-4-6/h6-7,9H,1-5H2,(H2,8,10,11). The third-order valence-corrected chi connectivity index (χ3v) is 4.19. The van der Waals surface area contributed by atoms with Crippen molar-refractivity contribution in [3.63, 3.8) is 0 Å². The highest BCUT2D eigenvalue weighted by Crippen LogP contribution is 2.25. The Balaban J connectivity index is 2.42. The number of sulfonamides is 1. The molecule has 0 radical (unpaired) electrons. The number of rotatable bonds is 3. The first-order chi connectivity index (χ1) is 5.99. The summed E-state index contributed by atoms with van der Waals surface area (Å²) >= 11 is 1.76. The Bertz CT molecular complexity index is 246. The summed E-state index contributed by atoms with van der Waals surface area (Å²) in [4.78, 5) is 0. The first-order valence-corrected chi connectivity index (χ1v) is 7.12. The molecule has 0 aliphatic carbocycles. The molecule has 0 spiro atoms. The molecule has 6 heteroatoms. The summed E-state index contributed by atoms with van der Waals surface area (Å²) in [5, 5.41) is 14.4. The molecule has 0 aromatic rings. The van der Waals surface area contributed by atoms with Gasteiger partial charge in [0.15, 0.2) is 0 Å². The minimum atomic E-state index is -3.53. The van der Waals surface area contributed by atoms with Crippen molar-refractivity contribution < 1.29 is 13.5 Å². The van der Waals surface area contributed by atoms with E-state index >= 15 is 0 Å². The summed E-state index contributed by atoms with van der Waals surface area (Å²) in [5.74, 6) is 1.74. The average molecular weight is 225 g/mol. The van der Waals surface area contributed by atoms with Crippen LogP contribution in [0.4, 0.5) is 0 Å². The molecule has 1 aliphatic rings. The van der Waals surface area contributed by atoms with Crippen LogP contribution in [-0.2, 0) is 10.0 Å². The van der Waals surface area contributed by atoms with Gasteiger partial charge in [-0.2, -0.15) is 11.8 Å². The number of primary sulfonamides is 1. The number of aliphatic hydroxyl groups is 1. The average Bonchev–Trinajstić information content (AvgIpc) is 2.03. The second kappa shape index (κ2) is 4.63. The monoisotopic (exact) mass is 225 g/mol. The van der Waals surface area contributed by atoms with Crippen LogP contribution in [0.15, 0.2) is 0 Å². The summed E-state index contributed by atoms with van der Waals surface area (Å²) in [6.45, 7) is 0. The lowest BCUT2D eigenvalue weighted by molar-refractivity contribution is 0.133. The molecule has 0 amide bonds. The van der Waals surface area contributed by atoms with Gasteiger partial charge in [-0.15, -0.1) is 0 Å². The lowest BCUT2D eigenvalue weighted by Gasteiger charge is -2.25. The largest absolute Gasteiger partial charge is 0.392 e. The zero-order chi connectivity index (χ0) is 9.90. The molecule has 1 heterocycles. The summed E-state index contributed by atoms with van der Waals surface area (Å²) < 4.78 is 21.4. The van der Waals surface area contributed by atoms with Gasteiger partial charge in [0, 0.05) is 0 Å². The van der Waals surface area contributed by atoms with Crippen molar-refractivity contribution in [1.82, 2.24) is 0 Å². The smallest absolute Gasteiger partial charge is 0.211 e. The predicted molar refractivity (Wildman–Crippen MR) is 54.0 cm³/mol. The van der Waals surface area contributed by atoms with Gasteiger partial charge in [-0.1, -0.05) is 0 Å². The van der Waals surface area contributed by atoms with Gasteiger partial charge < -0.3 is 5.11 Å². The lowest BCUT2D eigenvalue weighted by Crippen LogP contribution is -2.34. The molecule has 2 unspecified atom stereocenters. The van der Waals surface area contributed by atoms with Crippen LogP contribution >= 0.6 is 11.8 Å². The molecule has 4 nitrogen and oxygen atoms in total. The Hall–Kier alpha value is 0.220. The summed E-state index contributed by atoms with van der Waals surface area (Å²) in [7, 11) is -3.53. The van der Waals surface area contributed by atoms with Crippen molar-refractivity contribution in [2.24, 2.45) is 11.1 Å². The minimum Gasteiger partial charge on any atom is -0.392 e. The summed E-state index contributed by atoms with van der Waals surface area (Å²) in [6.07, 6.45) is 1.17. The topological polar surface area (TPSA) is 80.4 Å². The summed E-state index contributed by atoms with van der Waals surface area (Å²) in [5.41, 5.74) is 0. The molecule has 0 aromatic heterocycles. The highest BCUT2D eigenvalue weighted by Gasteiger charge is 2.25. The van der Waals surface area contributed by atoms with E-state index in [1.807, 2.05) is 0 Å². The van der Waals surface area contributed by atoms with Gasteiger partial charge in [-0.25, -0.2) is 13.6 Å². The number of aliphatic hydroxyl groups excluding tert-OH is 1. The van der Waals surface area contributed by atoms with Crippen molar-refractivity contribution in [3.8, 4) is 0 Å². The van der Waals surface area contributed by atoms with Crippen LogP contribution in [0, 0.1) is 5.92 Å². The zero-order valence-corrected chi connectivity index (χ0v) is 8.98. The molecule has 3 N–H and O–H groups in total. The number of nitrogens with two attached hydrogens (primary N) is 1. The van der Waals surface area contributed by atoms with Gasteiger partial charge in [0.2, 0.25) is 10.0 Å². The van der Waals surface area contributed by atoms with Gasteiger partial charge in [0.1, 0.15) is 0 Å². The van der Waals surface area contributed by atoms with Gasteiger partial charge >= 0.3 is 0 Å². The van der Waals surface area contributed by atoms with Crippen molar-refractivity contribution in [2.45, 2.75) is 18.9 Å². The molecule has 1 rings (SSSR count). The molecule has 0 saturated carbocycles. The molecule has 2 atom stereocenters.